The summed E-state index contributed by atoms with van der Waals surface area (Å²) in [7, 11) is 0. The second kappa shape index (κ2) is 5.00. The molecule has 15 heavy (non-hydrogen) atoms. The second-order valence-electron chi connectivity index (χ2n) is 5.95. The molecule has 1 fully saturated rings. The van der Waals surface area contributed by atoms with Crippen molar-refractivity contribution < 1.29 is 4.79 Å². The Hall–Kier alpha value is -0.530. The van der Waals surface area contributed by atoms with E-state index in [1.165, 1.54) is 25.7 Å². The second-order valence-corrected chi connectivity index (χ2v) is 5.95. The largest absolute Gasteiger partial charge is 0.353 e. The van der Waals surface area contributed by atoms with Gasteiger partial charge in [-0.3, -0.25) is 4.79 Å². The summed E-state index contributed by atoms with van der Waals surface area (Å²) >= 11 is 0. The van der Waals surface area contributed by atoms with Gasteiger partial charge in [-0.25, -0.2) is 0 Å². The van der Waals surface area contributed by atoms with Gasteiger partial charge < -0.3 is 5.32 Å². The SMILES string of the molecule is CC1CCCCCC1NC(=O)C(C)(C)C. The van der Waals surface area contributed by atoms with Crippen LogP contribution in [-0.2, 0) is 4.79 Å². The van der Waals surface area contributed by atoms with Gasteiger partial charge in [-0.05, 0) is 18.8 Å². The average Bonchev–Trinajstić information content (AvgIpc) is 2.30. The number of carbonyl (C=O) groups excluding carboxylic acids is 1. The van der Waals surface area contributed by atoms with Crippen LogP contribution < -0.4 is 5.32 Å². The molecule has 0 bridgehead atoms. The van der Waals surface area contributed by atoms with E-state index in [0.29, 0.717) is 12.0 Å². The van der Waals surface area contributed by atoms with Gasteiger partial charge in [0.05, 0.1) is 0 Å². The highest BCUT2D eigenvalue weighted by atomic mass is 16.2. The number of hydrogen-bond acceptors (Lipinski definition) is 1. The summed E-state index contributed by atoms with van der Waals surface area (Å²) in [5, 5.41) is 3.21. The molecule has 0 saturated heterocycles. The Kier molecular flexibility index (Phi) is 4.18. The average molecular weight is 211 g/mol. The molecule has 2 nitrogen and oxygen atoms in total. The molecule has 2 unspecified atom stereocenters. The van der Waals surface area contributed by atoms with E-state index in [1.54, 1.807) is 0 Å². The summed E-state index contributed by atoms with van der Waals surface area (Å²) in [6.07, 6.45) is 6.33. The zero-order chi connectivity index (χ0) is 11.5. The van der Waals surface area contributed by atoms with E-state index in [-0.39, 0.29) is 11.3 Å². The van der Waals surface area contributed by atoms with Crippen molar-refractivity contribution in [3.8, 4) is 0 Å². The highest BCUT2D eigenvalue weighted by Crippen LogP contribution is 2.24. The first kappa shape index (κ1) is 12.5. The van der Waals surface area contributed by atoms with Crippen molar-refractivity contribution >= 4 is 5.91 Å². The molecule has 1 amide bonds. The number of rotatable bonds is 1. The van der Waals surface area contributed by atoms with Crippen molar-refractivity contribution in [2.75, 3.05) is 0 Å². The van der Waals surface area contributed by atoms with Crippen molar-refractivity contribution in [2.24, 2.45) is 11.3 Å². The van der Waals surface area contributed by atoms with Crippen molar-refractivity contribution in [2.45, 2.75) is 65.8 Å². The molecule has 0 aromatic heterocycles. The summed E-state index contributed by atoms with van der Waals surface area (Å²) in [6.45, 7) is 8.19. The van der Waals surface area contributed by atoms with E-state index < -0.39 is 0 Å². The summed E-state index contributed by atoms with van der Waals surface area (Å²) in [5.74, 6) is 0.833. The first-order valence-electron chi connectivity index (χ1n) is 6.22. The normalized spacial score (nSPS) is 28.3. The van der Waals surface area contributed by atoms with Gasteiger partial charge in [-0.2, -0.15) is 0 Å². The van der Waals surface area contributed by atoms with Crippen LogP contribution in [0, 0.1) is 11.3 Å². The first-order valence-corrected chi connectivity index (χ1v) is 6.22. The molecule has 2 atom stereocenters. The Labute approximate surface area is 93.8 Å². The van der Waals surface area contributed by atoms with Crippen molar-refractivity contribution in [1.29, 1.82) is 0 Å². The lowest BCUT2D eigenvalue weighted by Crippen LogP contribution is -2.44. The molecule has 1 rings (SSSR count). The molecule has 0 aromatic carbocycles. The molecule has 0 heterocycles. The van der Waals surface area contributed by atoms with Crippen LogP contribution in [0.25, 0.3) is 0 Å². The maximum atomic E-state index is 11.9. The van der Waals surface area contributed by atoms with Crippen LogP contribution in [0.5, 0.6) is 0 Å². The Balaban J connectivity index is 2.52. The van der Waals surface area contributed by atoms with Crippen LogP contribution in [0.15, 0.2) is 0 Å². The topological polar surface area (TPSA) is 29.1 Å². The van der Waals surface area contributed by atoms with Crippen LogP contribution in [0.4, 0.5) is 0 Å². The minimum absolute atomic E-state index is 0.196. The lowest BCUT2D eigenvalue weighted by atomic mass is 9.92. The summed E-state index contributed by atoms with van der Waals surface area (Å²) in [5.41, 5.74) is -0.258. The minimum Gasteiger partial charge on any atom is -0.353 e. The first-order chi connectivity index (χ1) is 6.91. The van der Waals surface area contributed by atoms with E-state index in [0.717, 1.165) is 6.42 Å². The van der Waals surface area contributed by atoms with Gasteiger partial charge in [0.2, 0.25) is 5.91 Å². The quantitative estimate of drug-likeness (QED) is 0.663. The molecule has 0 radical (unpaired) electrons. The van der Waals surface area contributed by atoms with Crippen LogP contribution in [0.2, 0.25) is 0 Å². The number of amides is 1. The zero-order valence-electron chi connectivity index (χ0n) is 10.6. The van der Waals surface area contributed by atoms with Gasteiger partial charge in [0.15, 0.2) is 0 Å². The monoisotopic (exact) mass is 211 g/mol. The molecule has 0 aromatic rings. The third kappa shape index (κ3) is 3.84. The molecule has 1 N–H and O–H groups in total. The van der Waals surface area contributed by atoms with Gasteiger partial charge in [-0.15, -0.1) is 0 Å². The van der Waals surface area contributed by atoms with E-state index in [4.69, 9.17) is 0 Å². The smallest absolute Gasteiger partial charge is 0.225 e. The Bertz CT molecular complexity index is 217. The van der Waals surface area contributed by atoms with E-state index in [2.05, 4.69) is 12.2 Å². The maximum absolute atomic E-state index is 11.9. The molecule has 1 aliphatic carbocycles. The van der Waals surface area contributed by atoms with E-state index >= 15 is 0 Å². The van der Waals surface area contributed by atoms with Gasteiger partial charge in [0, 0.05) is 11.5 Å². The zero-order valence-corrected chi connectivity index (χ0v) is 10.6. The molecule has 1 saturated carbocycles. The van der Waals surface area contributed by atoms with Crippen LogP contribution >= 0.6 is 0 Å². The van der Waals surface area contributed by atoms with E-state index in [9.17, 15) is 4.79 Å². The fourth-order valence-corrected chi connectivity index (χ4v) is 2.09. The van der Waals surface area contributed by atoms with E-state index in [1.807, 2.05) is 20.8 Å². The Morgan fingerprint density at radius 2 is 1.73 bits per heavy atom. The lowest BCUT2D eigenvalue weighted by Gasteiger charge is -2.27. The highest BCUT2D eigenvalue weighted by molar-refractivity contribution is 5.81. The van der Waals surface area contributed by atoms with Crippen LogP contribution in [0.1, 0.15) is 59.8 Å². The van der Waals surface area contributed by atoms with Gasteiger partial charge in [-0.1, -0.05) is 47.0 Å². The molecule has 2 heteroatoms. The lowest BCUT2D eigenvalue weighted by molar-refractivity contribution is -0.129. The van der Waals surface area contributed by atoms with Crippen molar-refractivity contribution in [3.63, 3.8) is 0 Å². The third-order valence-corrected chi connectivity index (χ3v) is 3.36. The summed E-state index contributed by atoms with van der Waals surface area (Å²) < 4.78 is 0. The molecular formula is C13H25NO. The minimum atomic E-state index is -0.258. The Morgan fingerprint density at radius 3 is 2.33 bits per heavy atom. The summed E-state index contributed by atoms with van der Waals surface area (Å²) in [4.78, 5) is 11.9. The van der Waals surface area contributed by atoms with Crippen molar-refractivity contribution in [3.05, 3.63) is 0 Å². The fraction of sp³-hybridized carbons (Fsp3) is 0.923. The fourth-order valence-electron chi connectivity index (χ4n) is 2.09. The maximum Gasteiger partial charge on any atom is 0.225 e. The highest BCUT2D eigenvalue weighted by Gasteiger charge is 2.27. The molecular weight excluding hydrogens is 186 g/mol. The van der Waals surface area contributed by atoms with Crippen LogP contribution in [-0.4, -0.2) is 11.9 Å². The number of nitrogens with one attached hydrogen (secondary N) is 1. The molecule has 1 aliphatic rings. The third-order valence-electron chi connectivity index (χ3n) is 3.36. The van der Waals surface area contributed by atoms with Gasteiger partial charge in [0.1, 0.15) is 0 Å². The summed E-state index contributed by atoms with van der Waals surface area (Å²) in [6, 6.07) is 0.402. The number of hydrogen-bond donors (Lipinski definition) is 1. The number of carbonyl (C=O) groups is 1. The molecule has 0 aliphatic heterocycles. The molecule has 0 spiro atoms. The van der Waals surface area contributed by atoms with Gasteiger partial charge >= 0.3 is 0 Å². The Morgan fingerprint density at radius 1 is 1.13 bits per heavy atom. The predicted molar refractivity (Wildman–Crippen MR) is 63.6 cm³/mol. The standard InChI is InChI=1S/C13H25NO/c1-10-8-6-5-7-9-11(10)14-12(15)13(2,3)4/h10-11H,5-9H2,1-4H3,(H,14,15). The van der Waals surface area contributed by atoms with Crippen LogP contribution in [0.3, 0.4) is 0 Å². The molecule has 88 valence electrons. The van der Waals surface area contributed by atoms with Crippen molar-refractivity contribution in [1.82, 2.24) is 5.32 Å². The predicted octanol–water partition coefficient (Wildman–Crippen LogP) is 3.12. The van der Waals surface area contributed by atoms with Gasteiger partial charge in [0.25, 0.3) is 0 Å².